The van der Waals surface area contributed by atoms with Gasteiger partial charge in [0.2, 0.25) is 34.8 Å². The zero-order valence-corrected chi connectivity index (χ0v) is 12.4. The first-order valence-electron chi connectivity index (χ1n) is 6.36. The number of azide groups is 1. The fourth-order valence-corrected chi connectivity index (χ4v) is 1.87. The lowest BCUT2D eigenvalue weighted by atomic mass is 10.1. The molecule has 0 bridgehead atoms. The number of halogens is 11. The molecule has 0 spiro atoms. The first-order valence-corrected chi connectivity index (χ1v) is 6.36. The van der Waals surface area contributed by atoms with Crippen LogP contribution in [0.15, 0.2) is 5.11 Å². The van der Waals surface area contributed by atoms with E-state index in [4.69, 9.17) is 5.53 Å². The molecule has 0 N–H and O–H groups in total. The van der Waals surface area contributed by atoms with Crippen LogP contribution in [0.3, 0.4) is 0 Å². The minimum Gasteiger partial charge on any atom is -0.444 e. The molecule has 2 rings (SSSR count). The van der Waals surface area contributed by atoms with Gasteiger partial charge in [0.15, 0.2) is 23.3 Å². The van der Waals surface area contributed by atoms with Crippen LogP contribution in [0.1, 0.15) is 5.56 Å². The van der Waals surface area contributed by atoms with Crippen molar-refractivity contribution >= 4 is 5.69 Å². The van der Waals surface area contributed by atoms with Crippen molar-refractivity contribution in [3.05, 3.63) is 62.5 Å². The van der Waals surface area contributed by atoms with Gasteiger partial charge in [0, 0.05) is 4.91 Å². The summed E-state index contributed by atoms with van der Waals surface area (Å²) in [6.45, 7) is 0. The van der Waals surface area contributed by atoms with E-state index in [9.17, 15) is 48.3 Å². The SMILES string of the molecule is [N-]=[N+]=Nc1c(F)c(F)c(Oc2c(F)c(F)c(C(F)(F)F)c(F)c2F)c(F)c1F. The Bertz CT molecular complexity index is 970. The normalized spacial score (nSPS) is 11.4. The first kappa shape index (κ1) is 21.1. The maximum Gasteiger partial charge on any atom is 0.422 e. The molecule has 0 aliphatic rings. The summed E-state index contributed by atoms with van der Waals surface area (Å²) in [7, 11) is 0. The third-order valence-corrected chi connectivity index (χ3v) is 3.06. The standard InChI is InChI=1S/C13F11N3O/c14-2-1(13(22,23)24)3(15)7(19)11(6(2)18)28-12-8(20)4(16)10(26-27-25)5(17)9(12)21. The van der Waals surface area contributed by atoms with Gasteiger partial charge in [0.25, 0.3) is 0 Å². The van der Waals surface area contributed by atoms with Crippen molar-refractivity contribution in [2.24, 2.45) is 5.11 Å². The van der Waals surface area contributed by atoms with Crippen LogP contribution in [0.25, 0.3) is 10.4 Å². The average Bonchev–Trinajstić information content (AvgIpc) is 2.60. The number of benzene rings is 2. The summed E-state index contributed by atoms with van der Waals surface area (Å²) in [4.78, 5) is 1.85. The highest BCUT2D eigenvalue weighted by Crippen LogP contribution is 2.42. The van der Waals surface area contributed by atoms with Crippen LogP contribution in [0.2, 0.25) is 0 Å². The highest BCUT2D eigenvalue weighted by molar-refractivity contribution is 5.49. The molecule has 28 heavy (non-hydrogen) atoms. The summed E-state index contributed by atoms with van der Waals surface area (Å²) < 4.78 is 150. The Morgan fingerprint density at radius 2 is 1.00 bits per heavy atom. The molecule has 150 valence electrons. The molecule has 0 amide bonds. The number of hydrogen-bond donors (Lipinski definition) is 0. The summed E-state index contributed by atoms with van der Waals surface area (Å²) in [5.41, 5.74) is 3.17. The molecule has 0 aromatic heterocycles. The van der Waals surface area contributed by atoms with E-state index >= 15 is 0 Å². The van der Waals surface area contributed by atoms with Gasteiger partial charge in [0.1, 0.15) is 11.3 Å². The van der Waals surface area contributed by atoms with Gasteiger partial charge in [-0.15, -0.1) is 0 Å². The van der Waals surface area contributed by atoms with E-state index in [1.807, 2.05) is 4.91 Å². The Morgan fingerprint density at radius 1 is 0.643 bits per heavy atom. The summed E-state index contributed by atoms with van der Waals surface area (Å²) >= 11 is 0. The summed E-state index contributed by atoms with van der Waals surface area (Å²) in [5.74, 6) is -26.7. The fraction of sp³-hybridized carbons (Fsp3) is 0.0769. The molecule has 4 nitrogen and oxygen atoms in total. The van der Waals surface area contributed by atoms with Crippen molar-refractivity contribution in [3.63, 3.8) is 0 Å². The quantitative estimate of drug-likeness (QED) is 0.182. The second-order valence-electron chi connectivity index (χ2n) is 4.68. The third-order valence-electron chi connectivity index (χ3n) is 3.06. The maximum atomic E-state index is 13.7. The Morgan fingerprint density at radius 3 is 1.32 bits per heavy atom. The van der Waals surface area contributed by atoms with E-state index in [2.05, 4.69) is 9.85 Å². The number of rotatable bonds is 3. The summed E-state index contributed by atoms with van der Waals surface area (Å²) in [6, 6.07) is 0. The molecule has 0 aliphatic carbocycles. The molecule has 0 aliphatic heterocycles. The van der Waals surface area contributed by atoms with Gasteiger partial charge in [-0.3, -0.25) is 0 Å². The zero-order chi connectivity index (χ0) is 21.5. The number of ether oxygens (including phenoxy) is 1. The monoisotopic (exact) mass is 423 g/mol. The van der Waals surface area contributed by atoms with Gasteiger partial charge in [-0.2, -0.15) is 30.7 Å². The molecule has 0 unspecified atom stereocenters. The van der Waals surface area contributed by atoms with Crippen LogP contribution in [-0.4, -0.2) is 0 Å². The number of nitrogens with zero attached hydrogens (tertiary/aromatic N) is 3. The molecule has 0 fully saturated rings. The predicted octanol–water partition coefficient (Wildman–Crippen LogP) is 6.55. The number of alkyl halides is 3. The van der Waals surface area contributed by atoms with Gasteiger partial charge >= 0.3 is 6.18 Å². The Labute approximate surface area is 145 Å². The van der Waals surface area contributed by atoms with E-state index in [1.54, 1.807) is 0 Å². The molecular weight excluding hydrogens is 423 g/mol. The molecule has 15 heteroatoms. The fourth-order valence-electron chi connectivity index (χ4n) is 1.87. The van der Waals surface area contributed by atoms with E-state index < -0.39 is 75.5 Å². The van der Waals surface area contributed by atoms with Crippen LogP contribution in [-0.2, 0) is 6.18 Å². The van der Waals surface area contributed by atoms with Gasteiger partial charge in [-0.1, -0.05) is 5.11 Å². The lowest BCUT2D eigenvalue weighted by Crippen LogP contribution is -2.16. The first-order chi connectivity index (χ1) is 12.8. The lowest BCUT2D eigenvalue weighted by Gasteiger charge is -2.15. The molecule has 2 aromatic rings. The van der Waals surface area contributed by atoms with Gasteiger partial charge in [-0.05, 0) is 5.53 Å². The van der Waals surface area contributed by atoms with Gasteiger partial charge < -0.3 is 4.74 Å². The van der Waals surface area contributed by atoms with Crippen LogP contribution >= 0.6 is 0 Å². The minimum atomic E-state index is -5.92. The highest BCUT2D eigenvalue weighted by atomic mass is 19.4. The van der Waals surface area contributed by atoms with Crippen molar-refractivity contribution in [3.8, 4) is 11.5 Å². The zero-order valence-electron chi connectivity index (χ0n) is 12.4. The van der Waals surface area contributed by atoms with E-state index in [1.165, 1.54) is 0 Å². The van der Waals surface area contributed by atoms with Crippen molar-refractivity contribution in [2.75, 3.05) is 0 Å². The van der Waals surface area contributed by atoms with Gasteiger partial charge in [0.05, 0.1) is 0 Å². The van der Waals surface area contributed by atoms with E-state index in [-0.39, 0.29) is 0 Å². The minimum absolute atomic E-state index is 1.85. The highest BCUT2D eigenvalue weighted by Gasteiger charge is 2.43. The number of hydrogen-bond acceptors (Lipinski definition) is 2. The van der Waals surface area contributed by atoms with Crippen molar-refractivity contribution in [1.29, 1.82) is 0 Å². The lowest BCUT2D eigenvalue weighted by molar-refractivity contribution is -0.143. The van der Waals surface area contributed by atoms with Crippen LogP contribution in [0.4, 0.5) is 54.0 Å². The van der Waals surface area contributed by atoms with Crippen molar-refractivity contribution in [1.82, 2.24) is 0 Å². The second kappa shape index (κ2) is 7.07. The van der Waals surface area contributed by atoms with Crippen LogP contribution in [0, 0.1) is 46.5 Å². The maximum absolute atomic E-state index is 13.7. The van der Waals surface area contributed by atoms with Crippen molar-refractivity contribution in [2.45, 2.75) is 6.18 Å². The smallest absolute Gasteiger partial charge is 0.422 e. The molecule has 0 atom stereocenters. The Kier molecular flexibility index (Phi) is 5.32. The Hall–Kier alpha value is -3.22. The van der Waals surface area contributed by atoms with E-state index in [0.29, 0.717) is 0 Å². The van der Waals surface area contributed by atoms with E-state index in [0.717, 1.165) is 0 Å². The summed E-state index contributed by atoms with van der Waals surface area (Å²) in [6.07, 6.45) is -5.92. The van der Waals surface area contributed by atoms with Crippen molar-refractivity contribution < 1.29 is 53.0 Å². The largest absolute Gasteiger partial charge is 0.444 e. The van der Waals surface area contributed by atoms with Gasteiger partial charge in [-0.25, -0.2) is 17.6 Å². The molecule has 2 aromatic carbocycles. The van der Waals surface area contributed by atoms with Crippen LogP contribution in [0.5, 0.6) is 11.5 Å². The average molecular weight is 423 g/mol. The third kappa shape index (κ3) is 3.24. The molecular formula is C13F11N3O. The molecule has 0 radical (unpaired) electrons. The molecule has 0 saturated carbocycles. The topological polar surface area (TPSA) is 58.0 Å². The predicted molar refractivity (Wildman–Crippen MR) is 66.4 cm³/mol. The second-order valence-corrected chi connectivity index (χ2v) is 4.68. The van der Waals surface area contributed by atoms with Crippen LogP contribution < -0.4 is 4.74 Å². The Balaban J connectivity index is 2.77. The summed E-state index contributed by atoms with van der Waals surface area (Å²) in [5, 5.41) is 2.28. The molecule has 0 heterocycles. The molecule has 0 saturated heterocycles.